The Bertz CT molecular complexity index is 518. The molecule has 116 valence electrons. The van der Waals surface area contributed by atoms with Gasteiger partial charge in [0, 0.05) is 17.5 Å². The lowest BCUT2D eigenvalue weighted by Crippen LogP contribution is -2.41. The van der Waals surface area contributed by atoms with Crippen molar-refractivity contribution in [1.82, 2.24) is 5.32 Å². The normalized spacial score (nSPS) is 13.3. The standard InChI is InChI=1S/C15H20ClNO4/c1-9-8-12(16)5-6-13(9)21-11(3)15(20)17-10(2)4-7-14(18)19/h5-6,8,10-11H,4,7H2,1-3H3,(H,17,20)(H,18,19). The third kappa shape index (κ3) is 6.04. The van der Waals surface area contributed by atoms with Gasteiger partial charge in [0.05, 0.1) is 0 Å². The Morgan fingerprint density at radius 2 is 2.05 bits per heavy atom. The number of nitrogens with one attached hydrogen (secondary N) is 1. The predicted molar refractivity (Wildman–Crippen MR) is 80.8 cm³/mol. The van der Waals surface area contributed by atoms with Gasteiger partial charge in [0.15, 0.2) is 6.10 Å². The Morgan fingerprint density at radius 3 is 2.62 bits per heavy atom. The molecule has 2 unspecified atom stereocenters. The molecule has 6 heteroatoms. The van der Waals surface area contributed by atoms with Crippen molar-refractivity contribution in [2.45, 2.75) is 45.8 Å². The number of hydrogen-bond donors (Lipinski definition) is 2. The minimum absolute atomic E-state index is 0.0208. The average Bonchev–Trinajstić information content (AvgIpc) is 2.39. The summed E-state index contributed by atoms with van der Waals surface area (Å²) >= 11 is 5.86. The first kappa shape index (κ1) is 17.3. The minimum atomic E-state index is -0.878. The molecule has 0 heterocycles. The lowest BCUT2D eigenvalue weighted by atomic mass is 10.1. The largest absolute Gasteiger partial charge is 0.481 e. The summed E-state index contributed by atoms with van der Waals surface area (Å²) < 4.78 is 5.60. The van der Waals surface area contributed by atoms with Crippen molar-refractivity contribution in [3.05, 3.63) is 28.8 Å². The molecule has 0 saturated carbocycles. The molecule has 2 N–H and O–H groups in total. The number of rotatable bonds is 7. The van der Waals surface area contributed by atoms with E-state index in [0.717, 1.165) is 5.56 Å². The van der Waals surface area contributed by atoms with E-state index in [1.165, 1.54) is 0 Å². The van der Waals surface area contributed by atoms with Crippen LogP contribution in [0.5, 0.6) is 5.75 Å². The van der Waals surface area contributed by atoms with E-state index >= 15 is 0 Å². The fourth-order valence-electron chi connectivity index (χ4n) is 1.76. The molecule has 0 aliphatic heterocycles. The number of amides is 1. The van der Waals surface area contributed by atoms with Crippen molar-refractivity contribution >= 4 is 23.5 Å². The summed E-state index contributed by atoms with van der Waals surface area (Å²) in [5.74, 6) is -0.556. The smallest absolute Gasteiger partial charge is 0.303 e. The predicted octanol–water partition coefficient (Wildman–Crippen LogP) is 2.79. The summed E-state index contributed by atoms with van der Waals surface area (Å²) in [4.78, 5) is 22.5. The molecule has 0 aliphatic rings. The molecule has 0 bridgehead atoms. The molecule has 0 aromatic heterocycles. The van der Waals surface area contributed by atoms with Crippen LogP contribution in [0.15, 0.2) is 18.2 Å². The van der Waals surface area contributed by atoms with Crippen LogP contribution in [0.25, 0.3) is 0 Å². The van der Waals surface area contributed by atoms with Gasteiger partial charge in [-0.3, -0.25) is 9.59 Å². The molecule has 0 radical (unpaired) electrons. The molecule has 0 saturated heterocycles. The Hall–Kier alpha value is -1.75. The van der Waals surface area contributed by atoms with E-state index in [0.29, 0.717) is 17.2 Å². The van der Waals surface area contributed by atoms with E-state index in [1.807, 2.05) is 6.92 Å². The molecule has 5 nitrogen and oxygen atoms in total. The fourth-order valence-corrected chi connectivity index (χ4v) is 1.99. The molecule has 2 atom stereocenters. The second-order valence-corrected chi connectivity index (χ2v) is 5.45. The highest BCUT2D eigenvalue weighted by atomic mass is 35.5. The fraction of sp³-hybridized carbons (Fsp3) is 0.467. The number of carbonyl (C=O) groups excluding carboxylic acids is 1. The van der Waals surface area contributed by atoms with Crippen LogP contribution in [0.3, 0.4) is 0 Å². The average molecular weight is 314 g/mol. The van der Waals surface area contributed by atoms with Crippen LogP contribution >= 0.6 is 11.6 Å². The zero-order chi connectivity index (χ0) is 16.0. The first-order valence-corrected chi connectivity index (χ1v) is 7.12. The summed E-state index contributed by atoms with van der Waals surface area (Å²) in [5.41, 5.74) is 0.848. The van der Waals surface area contributed by atoms with Crippen molar-refractivity contribution in [2.75, 3.05) is 0 Å². The number of aliphatic carboxylic acids is 1. The van der Waals surface area contributed by atoms with Gasteiger partial charge in [-0.15, -0.1) is 0 Å². The summed E-state index contributed by atoms with van der Waals surface area (Å²) in [5, 5.41) is 11.9. The quantitative estimate of drug-likeness (QED) is 0.811. The van der Waals surface area contributed by atoms with Crippen molar-refractivity contribution in [3.63, 3.8) is 0 Å². The topological polar surface area (TPSA) is 75.6 Å². The SMILES string of the molecule is Cc1cc(Cl)ccc1OC(C)C(=O)NC(C)CCC(=O)O. The van der Waals surface area contributed by atoms with Gasteiger partial charge < -0.3 is 15.2 Å². The molecule has 1 amide bonds. The third-order valence-electron chi connectivity index (χ3n) is 2.99. The van der Waals surface area contributed by atoms with Gasteiger partial charge in [0.1, 0.15) is 5.75 Å². The number of carbonyl (C=O) groups is 2. The zero-order valence-electron chi connectivity index (χ0n) is 12.4. The molecule has 0 fully saturated rings. The van der Waals surface area contributed by atoms with Crippen LogP contribution in [0.2, 0.25) is 5.02 Å². The van der Waals surface area contributed by atoms with Crippen LogP contribution in [-0.2, 0) is 9.59 Å². The maximum Gasteiger partial charge on any atom is 0.303 e. The Balaban J connectivity index is 2.52. The van der Waals surface area contributed by atoms with Crippen LogP contribution in [0.1, 0.15) is 32.3 Å². The van der Waals surface area contributed by atoms with E-state index in [1.54, 1.807) is 32.0 Å². The number of aryl methyl sites for hydroxylation is 1. The molecule has 1 aromatic rings. The zero-order valence-corrected chi connectivity index (χ0v) is 13.1. The molecule has 1 rings (SSSR count). The molecule has 1 aromatic carbocycles. The number of carboxylic acid groups (broad SMARTS) is 1. The van der Waals surface area contributed by atoms with Gasteiger partial charge in [-0.05, 0) is 51.0 Å². The maximum absolute atomic E-state index is 12.0. The van der Waals surface area contributed by atoms with Gasteiger partial charge in [-0.2, -0.15) is 0 Å². The highest BCUT2D eigenvalue weighted by Gasteiger charge is 2.18. The van der Waals surface area contributed by atoms with Crippen molar-refractivity contribution in [3.8, 4) is 5.75 Å². The molecule has 0 aliphatic carbocycles. The van der Waals surface area contributed by atoms with E-state index in [2.05, 4.69) is 5.32 Å². The monoisotopic (exact) mass is 313 g/mol. The van der Waals surface area contributed by atoms with Gasteiger partial charge >= 0.3 is 5.97 Å². The molecule has 21 heavy (non-hydrogen) atoms. The van der Waals surface area contributed by atoms with E-state index in [-0.39, 0.29) is 18.4 Å². The Kier molecular flexibility index (Phi) is 6.49. The van der Waals surface area contributed by atoms with Crippen LogP contribution in [0.4, 0.5) is 0 Å². The number of carboxylic acids is 1. The number of benzene rings is 1. The first-order valence-electron chi connectivity index (χ1n) is 6.74. The molecule has 0 spiro atoms. The summed E-state index contributed by atoms with van der Waals surface area (Å²) in [6.45, 7) is 5.26. The van der Waals surface area contributed by atoms with Crippen LogP contribution in [-0.4, -0.2) is 29.1 Å². The molecular weight excluding hydrogens is 294 g/mol. The Morgan fingerprint density at radius 1 is 1.38 bits per heavy atom. The van der Waals surface area contributed by atoms with E-state index in [4.69, 9.17) is 21.4 Å². The third-order valence-corrected chi connectivity index (χ3v) is 3.22. The second kappa shape index (κ2) is 7.88. The highest BCUT2D eigenvalue weighted by molar-refractivity contribution is 6.30. The first-order chi connectivity index (χ1) is 9.79. The van der Waals surface area contributed by atoms with Gasteiger partial charge in [-0.1, -0.05) is 11.6 Å². The highest BCUT2D eigenvalue weighted by Crippen LogP contribution is 2.22. The maximum atomic E-state index is 12.0. The van der Waals surface area contributed by atoms with E-state index < -0.39 is 12.1 Å². The van der Waals surface area contributed by atoms with Crippen molar-refractivity contribution < 1.29 is 19.4 Å². The number of halogens is 1. The van der Waals surface area contributed by atoms with E-state index in [9.17, 15) is 9.59 Å². The van der Waals surface area contributed by atoms with Crippen LogP contribution in [0, 0.1) is 6.92 Å². The van der Waals surface area contributed by atoms with Gasteiger partial charge in [-0.25, -0.2) is 0 Å². The van der Waals surface area contributed by atoms with Crippen LogP contribution < -0.4 is 10.1 Å². The number of hydrogen-bond acceptors (Lipinski definition) is 3. The van der Waals surface area contributed by atoms with Gasteiger partial charge in [0.25, 0.3) is 5.91 Å². The summed E-state index contributed by atoms with van der Waals surface area (Å²) in [6.07, 6.45) is -0.266. The summed E-state index contributed by atoms with van der Waals surface area (Å²) in [7, 11) is 0. The lowest BCUT2D eigenvalue weighted by molar-refractivity contribution is -0.137. The van der Waals surface area contributed by atoms with Gasteiger partial charge in [0.2, 0.25) is 0 Å². The number of ether oxygens (including phenoxy) is 1. The van der Waals surface area contributed by atoms with Crippen molar-refractivity contribution in [2.24, 2.45) is 0 Å². The van der Waals surface area contributed by atoms with Crippen molar-refractivity contribution in [1.29, 1.82) is 0 Å². The molecular formula is C15H20ClNO4. The lowest BCUT2D eigenvalue weighted by Gasteiger charge is -2.19. The summed E-state index contributed by atoms with van der Waals surface area (Å²) in [6, 6.07) is 4.96. The second-order valence-electron chi connectivity index (χ2n) is 5.01. The Labute approximate surface area is 129 Å². The minimum Gasteiger partial charge on any atom is -0.481 e.